The molecule has 0 heterocycles. The van der Waals surface area contributed by atoms with Gasteiger partial charge in [-0.25, -0.2) is 13.2 Å². The molecule has 2 rings (SSSR count). The predicted molar refractivity (Wildman–Crippen MR) is 106 cm³/mol. The van der Waals surface area contributed by atoms with Crippen LogP contribution in [0.4, 0.5) is 16.2 Å². The molecule has 0 fully saturated rings. The van der Waals surface area contributed by atoms with Crippen LogP contribution < -0.4 is 10.0 Å². The number of sulfonamides is 1. The SMILES string of the molecule is CC(C)(C)OC(=O)Nc1ccc(S(=O)(=O)Nc2ccc(I)cc2)cc1. The number of rotatable bonds is 4. The van der Waals surface area contributed by atoms with Crippen molar-refractivity contribution in [2.24, 2.45) is 0 Å². The van der Waals surface area contributed by atoms with Crippen LogP contribution in [0.5, 0.6) is 0 Å². The van der Waals surface area contributed by atoms with E-state index in [1.54, 1.807) is 32.9 Å². The summed E-state index contributed by atoms with van der Waals surface area (Å²) in [4.78, 5) is 11.8. The van der Waals surface area contributed by atoms with Crippen molar-refractivity contribution in [1.82, 2.24) is 0 Å². The lowest BCUT2D eigenvalue weighted by molar-refractivity contribution is 0.0636. The van der Waals surface area contributed by atoms with Gasteiger partial charge in [-0.2, -0.15) is 0 Å². The standard InChI is InChI=1S/C17H19IN2O4S/c1-17(2,3)24-16(21)19-13-8-10-15(11-9-13)25(22,23)20-14-6-4-12(18)5-7-14/h4-11,20H,1-3H3,(H,19,21). The summed E-state index contributed by atoms with van der Waals surface area (Å²) in [5.41, 5.74) is 0.323. The van der Waals surface area contributed by atoms with Crippen LogP contribution in [-0.4, -0.2) is 20.1 Å². The Balaban J connectivity index is 2.07. The molecule has 2 aromatic rings. The molecule has 0 spiro atoms. The van der Waals surface area contributed by atoms with Crippen molar-refractivity contribution in [3.8, 4) is 0 Å². The molecule has 2 aromatic carbocycles. The summed E-state index contributed by atoms with van der Waals surface area (Å²) in [5.74, 6) is 0. The van der Waals surface area contributed by atoms with Gasteiger partial charge in [-0.15, -0.1) is 0 Å². The third-order valence-corrected chi connectivity index (χ3v) is 5.02. The van der Waals surface area contributed by atoms with Crippen molar-refractivity contribution in [1.29, 1.82) is 0 Å². The number of ether oxygens (including phenoxy) is 1. The quantitative estimate of drug-likeness (QED) is 0.642. The largest absolute Gasteiger partial charge is 0.444 e. The van der Waals surface area contributed by atoms with Gasteiger partial charge >= 0.3 is 6.09 Å². The first kappa shape index (κ1) is 19.5. The van der Waals surface area contributed by atoms with Crippen LogP contribution in [0.1, 0.15) is 20.8 Å². The average Bonchev–Trinajstić information content (AvgIpc) is 2.48. The highest BCUT2D eigenvalue weighted by molar-refractivity contribution is 14.1. The van der Waals surface area contributed by atoms with E-state index in [1.165, 1.54) is 24.3 Å². The Morgan fingerprint density at radius 3 is 2.00 bits per heavy atom. The molecule has 0 atom stereocenters. The smallest absolute Gasteiger partial charge is 0.412 e. The first-order valence-corrected chi connectivity index (χ1v) is 10.00. The van der Waals surface area contributed by atoms with E-state index >= 15 is 0 Å². The van der Waals surface area contributed by atoms with Crippen LogP contribution in [0.3, 0.4) is 0 Å². The fourth-order valence-electron chi connectivity index (χ4n) is 1.87. The molecule has 8 heteroatoms. The van der Waals surface area contributed by atoms with Gasteiger partial charge in [0, 0.05) is 14.9 Å². The highest BCUT2D eigenvalue weighted by atomic mass is 127. The Kier molecular flexibility index (Phi) is 5.94. The molecule has 1 amide bonds. The molecular formula is C17H19IN2O4S. The number of hydrogen-bond acceptors (Lipinski definition) is 4. The van der Waals surface area contributed by atoms with E-state index in [0.29, 0.717) is 11.4 Å². The molecular weight excluding hydrogens is 455 g/mol. The molecule has 0 radical (unpaired) electrons. The molecule has 2 N–H and O–H groups in total. The van der Waals surface area contributed by atoms with Crippen LogP contribution >= 0.6 is 22.6 Å². The summed E-state index contributed by atoms with van der Waals surface area (Å²) in [5, 5.41) is 2.56. The lowest BCUT2D eigenvalue weighted by Crippen LogP contribution is -2.27. The van der Waals surface area contributed by atoms with E-state index in [-0.39, 0.29) is 4.90 Å². The Hall–Kier alpha value is -1.81. The van der Waals surface area contributed by atoms with E-state index in [1.807, 2.05) is 12.1 Å². The second kappa shape index (κ2) is 7.61. The third-order valence-electron chi connectivity index (χ3n) is 2.91. The maximum absolute atomic E-state index is 12.4. The van der Waals surface area contributed by atoms with Crippen molar-refractivity contribution in [3.63, 3.8) is 0 Å². The zero-order valence-electron chi connectivity index (χ0n) is 14.0. The number of amides is 1. The Labute approximate surface area is 161 Å². The van der Waals surface area contributed by atoms with Gasteiger partial charge in [0.15, 0.2) is 0 Å². The molecule has 0 aliphatic heterocycles. The molecule has 0 saturated heterocycles. The molecule has 0 aromatic heterocycles. The van der Waals surface area contributed by atoms with Gasteiger partial charge in [-0.1, -0.05) is 0 Å². The molecule has 0 aliphatic rings. The third kappa shape index (κ3) is 6.20. The summed E-state index contributed by atoms with van der Waals surface area (Å²) in [6.07, 6.45) is -0.597. The highest BCUT2D eigenvalue weighted by Crippen LogP contribution is 2.19. The summed E-state index contributed by atoms with van der Waals surface area (Å²) < 4.78 is 33.4. The number of benzene rings is 2. The van der Waals surface area contributed by atoms with Crippen LogP contribution in [0.15, 0.2) is 53.4 Å². The van der Waals surface area contributed by atoms with E-state index in [0.717, 1.165) is 3.57 Å². The van der Waals surface area contributed by atoms with E-state index < -0.39 is 21.7 Å². The van der Waals surface area contributed by atoms with Gasteiger partial charge in [0.25, 0.3) is 10.0 Å². The molecule has 0 saturated carbocycles. The fraction of sp³-hybridized carbons (Fsp3) is 0.235. The zero-order valence-corrected chi connectivity index (χ0v) is 17.0. The number of anilines is 2. The number of carbonyl (C=O) groups excluding carboxylic acids is 1. The summed E-state index contributed by atoms with van der Waals surface area (Å²) in [6.45, 7) is 5.29. The van der Waals surface area contributed by atoms with Crippen LogP contribution in [-0.2, 0) is 14.8 Å². The zero-order chi connectivity index (χ0) is 18.7. The Morgan fingerprint density at radius 2 is 1.48 bits per heavy atom. The summed E-state index contributed by atoms with van der Waals surface area (Å²) >= 11 is 2.14. The van der Waals surface area contributed by atoms with Gasteiger partial charge < -0.3 is 4.74 Å². The second-order valence-electron chi connectivity index (χ2n) is 6.26. The Morgan fingerprint density at radius 1 is 0.960 bits per heavy atom. The van der Waals surface area contributed by atoms with Crippen molar-refractivity contribution >= 4 is 50.1 Å². The van der Waals surface area contributed by atoms with Crippen LogP contribution in [0.2, 0.25) is 0 Å². The molecule has 0 unspecified atom stereocenters. The first-order valence-electron chi connectivity index (χ1n) is 7.44. The van der Waals surface area contributed by atoms with Crippen molar-refractivity contribution < 1.29 is 17.9 Å². The first-order chi connectivity index (χ1) is 11.5. The van der Waals surface area contributed by atoms with Gasteiger partial charge in [0.1, 0.15) is 5.60 Å². The summed E-state index contributed by atoms with van der Waals surface area (Å²) in [6, 6.07) is 12.9. The maximum Gasteiger partial charge on any atom is 0.412 e. The molecule has 0 aliphatic carbocycles. The van der Waals surface area contributed by atoms with Gasteiger partial charge in [0.05, 0.1) is 4.90 Å². The lowest BCUT2D eigenvalue weighted by Gasteiger charge is -2.19. The van der Waals surface area contributed by atoms with Gasteiger partial charge in [-0.3, -0.25) is 10.0 Å². The molecule has 134 valence electrons. The monoisotopic (exact) mass is 474 g/mol. The van der Waals surface area contributed by atoms with E-state index in [2.05, 4.69) is 32.6 Å². The predicted octanol–water partition coefficient (Wildman–Crippen LogP) is 4.44. The maximum atomic E-state index is 12.4. The molecule has 0 bridgehead atoms. The van der Waals surface area contributed by atoms with Crippen molar-refractivity contribution in [3.05, 3.63) is 52.1 Å². The average molecular weight is 474 g/mol. The highest BCUT2D eigenvalue weighted by Gasteiger charge is 2.17. The van der Waals surface area contributed by atoms with Crippen LogP contribution in [0, 0.1) is 3.57 Å². The Bertz CT molecular complexity index is 842. The minimum Gasteiger partial charge on any atom is -0.444 e. The van der Waals surface area contributed by atoms with Crippen molar-refractivity contribution in [2.45, 2.75) is 31.3 Å². The molecule has 6 nitrogen and oxygen atoms in total. The number of halogens is 1. The minimum absolute atomic E-state index is 0.0980. The van der Waals surface area contributed by atoms with E-state index in [9.17, 15) is 13.2 Å². The number of nitrogens with one attached hydrogen (secondary N) is 2. The van der Waals surface area contributed by atoms with Gasteiger partial charge in [0.2, 0.25) is 0 Å². The number of hydrogen-bond donors (Lipinski definition) is 2. The van der Waals surface area contributed by atoms with E-state index in [4.69, 9.17) is 4.74 Å². The second-order valence-corrected chi connectivity index (χ2v) is 9.19. The lowest BCUT2D eigenvalue weighted by atomic mass is 10.2. The molecule has 25 heavy (non-hydrogen) atoms. The number of carbonyl (C=O) groups is 1. The fourth-order valence-corrected chi connectivity index (χ4v) is 3.29. The minimum atomic E-state index is -3.70. The summed E-state index contributed by atoms with van der Waals surface area (Å²) in [7, 11) is -3.70. The van der Waals surface area contributed by atoms with Gasteiger partial charge in [-0.05, 0) is 91.9 Å². The normalized spacial score (nSPS) is 11.7. The van der Waals surface area contributed by atoms with Crippen molar-refractivity contribution in [2.75, 3.05) is 10.0 Å². The van der Waals surface area contributed by atoms with Crippen LogP contribution in [0.25, 0.3) is 0 Å². The topological polar surface area (TPSA) is 84.5 Å².